The number of fused-ring (bicyclic) bond motifs is 1. The van der Waals surface area contributed by atoms with Crippen molar-refractivity contribution in [1.82, 2.24) is 10.3 Å². The van der Waals surface area contributed by atoms with Gasteiger partial charge in [0.25, 0.3) is 6.43 Å². The Labute approximate surface area is 186 Å². The molecule has 0 bridgehead atoms. The van der Waals surface area contributed by atoms with Gasteiger partial charge in [-0.2, -0.15) is 0 Å². The standard InChI is InChI=1S/C23H25F3N4.ClH/c1-14-12-21(29-15(2)17-4-3-5-18(22(17)24)23(25)26)19-13-16(6-7-20(19)28-14)30-10-8-27-9-11-30;/h3-7,12-13,15,23,27H,8-11H2,1-2H3,(H,28,29);1H. The zero-order chi connectivity index (χ0) is 21.3. The maximum atomic E-state index is 14.6. The van der Waals surface area contributed by atoms with Gasteiger partial charge in [0.1, 0.15) is 5.82 Å². The molecule has 0 saturated carbocycles. The second kappa shape index (κ2) is 9.75. The molecule has 166 valence electrons. The van der Waals surface area contributed by atoms with Gasteiger partial charge in [-0.3, -0.25) is 4.98 Å². The zero-order valence-corrected chi connectivity index (χ0v) is 18.3. The van der Waals surface area contributed by atoms with Crippen LogP contribution in [0.5, 0.6) is 0 Å². The number of aryl methyl sites for hydroxylation is 1. The smallest absolute Gasteiger partial charge is 0.266 e. The summed E-state index contributed by atoms with van der Waals surface area (Å²) in [5.41, 5.74) is 3.23. The van der Waals surface area contributed by atoms with E-state index in [1.54, 1.807) is 13.0 Å². The lowest BCUT2D eigenvalue weighted by molar-refractivity contribution is 0.146. The molecule has 8 heteroatoms. The topological polar surface area (TPSA) is 40.2 Å². The molecule has 1 fully saturated rings. The molecule has 31 heavy (non-hydrogen) atoms. The monoisotopic (exact) mass is 450 g/mol. The second-order valence-electron chi connectivity index (χ2n) is 7.67. The van der Waals surface area contributed by atoms with E-state index in [-0.39, 0.29) is 18.0 Å². The summed E-state index contributed by atoms with van der Waals surface area (Å²) in [5, 5.41) is 7.60. The summed E-state index contributed by atoms with van der Waals surface area (Å²) in [7, 11) is 0. The Hall–Kier alpha value is -2.51. The van der Waals surface area contributed by atoms with E-state index in [1.165, 1.54) is 6.07 Å². The van der Waals surface area contributed by atoms with Gasteiger partial charge in [0.15, 0.2) is 0 Å². The fourth-order valence-corrected chi connectivity index (χ4v) is 3.97. The van der Waals surface area contributed by atoms with E-state index >= 15 is 0 Å². The van der Waals surface area contributed by atoms with E-state index in [4.69, 9.17) is 0 Å². The van der Waals surface area contributed by atoms with Gasteiger partial charge in [-0.05, 0) is 38.1 Å². The summed E-state index contributed by atoms with van der Waals surface area (Å²) in [6.45, 7) is 7.40. The highest BCUT2D eigenvalue weighted by molar-refractivity contribution is 5.94. The molecule has 0 spiro atoms. The minimum Gasteiger partial charge on any atom is -0.378 e. The van der Waals surface area contributed by atoms with Crippen LogP contribution in [0.3, 0.4) is 0 Å². The molecule has 1 aromatic heterocycles. The molecule has 2 N–H and O–H groups in total. The van der Waals surface area contributed by atoms with Crippen LogP contribution in [0.25, 0.3) is 10.9 Å². The van der Waals surface area contributed by atoms with Gasteiger partial charge in [0, 0.05) is 54.2 Å². The second-order valence-corrected chi connectivity index (χ2v) is 7.67. The van der Waals surface area contributed by atoms with Crippen molar-refractivity contribution in [3.05, 3.63) is 65.1 Å². The number of rotatable bonds is 5. The van der Waals surface area contributed by atoms with Crippen LogP contribution in [0.4, 0.5) is 24.5 Å². The molecular weight excluding hydrogens is 425 g/mol. The third-order valence-corrected chi connectivity index (χ3v) is 5.53. The van der Waals surface area contributed by atoms with E-state index < -0.39 is 23.8 Å². The van der Waals surface area contributed by atoms with Crippen LogP contribution < -0.4 is 15.5 Å². The molecule has 2 aromatic carbocycles. The lowest BCUT2D eigenvalue weighted by Crippen LogP contribution is -2.43. The molecule has 0 aliphatic carbocycles. The number of alkyl halides is 2. The summed E-state index contributed by atoms with van der Waals surface area (Å²) in [4.78, 5) is 6.93. The van der Waals surface area contributed by atoms with E-state index in [0.29, 0.717) is 0 Å². The number of aromatic nitrogens is 1. The van der Waals surface area contributed by atoms with Crippen LogP contribution in [0.15, 0.2) is 42.5 Å². The molecule has 0 radical (unpaired) electrons. The third kappa shape index (κ3) is 4.88. The number of benzene rings is 2. The predicted molar refractivity (Wildman–Crippen MR) is 122 cm³/mol. The van der Waals surface area contributed by atoms with Crippen molar-refractivity contribution < 1.29 is 13.2 Å². The lowest BCUT2D eigenvalue weighted by Gasteiger charge is -2.30. The average Bonchev–Trinajstić information content (AvgIpc) is 2.74. The predicted octanol–water partition coefficient (Wildman–Crippen LogP) is 5.62. The molecular formula is C23H26ClF3N4. The Morgan fingerprint density at radius 3 is 2.48 bits per heavy atom. The summed E-state index contributed by atoms with van der Waals surface area (Å²) in [6, 6.07) is 11.7. The summed E-state index contributed by atoms with van der Waals surface area (Å²) in [5.74, 6) is -0.857. The van der Waals surface area contributed by atoms with E-state index in [0.717, 1.165) is 60.2 Å². The fourth-order valence-electron chi connectivity index (χ4n) is 3.97. The Balaban J connectivity index is 0.00000272. The Bertz CT molecular complexity index is 1050. The molecule has 2 heterocycles. The Morgan fingerprint density at radius 1 is 1.06 bits per heavy atom. The van der Waals surface area contributed by atoms with Crippen molar-refractivity contribution >= 4 is 34.7 Å². The minimum absolute atomic E-state index is 0. The third-order valence-electron chi connectivity index (χ3n) is 5.53. The summed E-state index contributed by atoms with van der Waals surface area (Å²) >= 11 is 0. The largest absolute Gasteiger partial charge is 0.378 e. The highest BCUT2D eigenvalue weighted by atomic mass is 35.5. The van der Waals surface area contributed by atoms with Crippen LogP contribution in [-0.2, 0) is 0 Å². The van der Waals surface area contributed by atoms with Gasteiger partial charge >= 0.3 is 0 Å². The molecule has 1 aliphatic heterocycles. The molecule has 1 unspecified atom stereocenters. The number of hydrogen-bond acceptors (Lipinski definition) is 4. The maximum Gasteiger partial charge on any atom is 0.266 e. The van der Waals surface area contributed by atoms with Gasteiger partial charge in [0.05, 0.1) is 17.1 Å². The number of hydrogen-bond donors (Lipinski definition) is 2. The summed E-state index contributed by atoms with van der Waals surface area (Å²) in [6.07, 6.45) is -2.84. The van der Waals surface area contributed by atoms with Crippen LogP contribution in [-0.4, -0.2) is 31.2 Å². The molecule has 4 nitrogen and oxygen atoms in total. The van der Waals surface area contributed by atoms with Gasteiger partial charge in [0.2, 0.25) is 0 Å². The normalized spacial score (nSPS) is 15.1. The highest BCUT2D eigenvalue weighted by Crippen LogP contribution is 2.33. The first-order valence-electron chi connectivity index (χ1n) is 10.1. The van der Waals surface area contributed by atoms with Crippen LogP contribution in [0, 0.1) is 12.7 Å². The van der Waals surface area contributed by atoms with Crippen molar-refractivity contribution in [3.63, 3.8) is 0 Å². The molecule has 4 rings (SSSR count). The number of nitrogens with zero attached hydrogens (tertiary/aromatic N) is 2. The lowest BCUT2D eigenvalue weighted by atomic mass is 10.0. The minimum atomic E-state index is -2.84. The number of piperazine rings is 1. The van der Waals surface area contributed by atoms with Gasteiger partial charge in [-0.15, -0.1) is 12.4 Å². The maximum absolute atomic E-state index is 14.6. The van der Waals surface area contributed by atoms with Crippen LogP contribution in [0.1, 0.15) is 36.2 Å². The molecule has 1 saturated heterocycles. The van der Waals surface area contributed by atoms with Crippen molar-refractivity contribution in [2.75, 3.05) is 36.4 Å². The number of pyridine rings is 1. The summed E-state index contributed by atoms with van der Waals surface area (Å²) < 4.78 is 40.8. The van der Waals surface area contributed by atoms with E-state index in [1.807, 2.05) is 19.1 Å². The average molecular weight is 451 g/mol. The van der Waals surface area contributed by atoms with Gasteiger partial charge in [-0.25, -0.2) is 13.2 Å². The van der Waals surface area contributed by atoms with E-state index in [9.17, 15) is 13.2 Å². The first-order valence-corrected chi connectivity index (χ1v) is 10.1. The number of anilines is 2. The first-order chi connectivity index (χ1) is 14.4. The fraction of sp³-hybridized carbons (Fsp3) is 0.348. The Morgan fingerprint density at radius 2 is 1.77 bits per heavy atom. The SMILES string of the molecule is Cc1cc(NC(C)c2cccc(C(F)F)c2F)c2cc(N3CCNCC3)ccc2n1.Cl. The molecule has 0 amide bonds. The molecule has 3 aromatic rings. The quantitative estimate of drug-likeness (QED) is 0.529. The zero-order valence-electron chi connectivity index (χ0n) is 17.5. The van der Waals surface area contributed by atoms with Crippen molar-refractivity contribution in [3.8, 4) is 0 Å². The van der Waals surface area contributed by atoms with E-state index in [2.05, 4.69) is 32.7 Å². The van der Waals surface area contributed by atoms with Gasteiger partial charge in [-0.1, -0.05) is 18.2 Å². The van der Waals surface area contributed by atoms with Crippen LogP contribution in [0.2, 0.25) is 0 Å². The Kier molecular flexibility index (Phi) is 7.28. The van der Waals surface area contributed by atoms with Crippen LogP contribution >= 0.6 is 12.4 Å². The number of halogens is 4. The highest BCUT2D eigenvalue weighted by Gasteiger charge is 2.20. The number of nitrogens with one attached hydrogen (secondary N) is 2. The molecule has 1 atom stereocenters. The molecule has 1 aliphatic rings. The van der Waals surface area contributed by atoms with Gasteiger partial charge < -0.3 is 15.5 Å². The van der Waals surface area contributed by atoms with Crippen molar-refractivity contribution in [1.29, 1.82) is 0 Å². The first kappa shape index (κ1) is 23.2. The van der Waals surface area contributed by atoms with Crippen molar-refractivity contribution in [2.45, 2.75) is 26.3 Å². The van der Waals surface area contributed by atoms with Crippen molar-refractivity contribution in [2.24, 2.45) is 0 Å².